The van der Waals surface area contributed by atoms with E-state index in [0.717, 1.165) is 10.8 Å². The number of aromatic nitrogens is 3. The molecular weight excluding hydrogens is 612 g/mol. The number of benzene rings is 2. The minimum absolute atomic E-state index is 0.0820. The fourth-order valence-electron chi connectivity index (χ4n) is 10.9. The third kappa shape index (κ3) is 4.46. The average Bonchev–Trinajstić information content (AvgIpc) is 3.63. The second-order valence-corrected chi connectivity index (χ2v) is 15.2. The zero-order valence-electron chi connectivity index (χ0n) is 27.7. The fourth-order valence-corrected chi connectivity index (χ4v) is 10.9. The van der Waals surface area contributed by atoms with E-state index in [2.05, 4.69) is 24.2 Å². The van der Waals surface area contributed by atoms with E-state index in [1.807, 2.05) is 36.4 Å². The van der Waals surface area contributed by atoms with Crippen LogP contribution in [0.5, 0.6) is 0 Å². The number of fused-ring (bicyclic) bond motifs is 6. The van der Waals surface area contributed by atoms with Crippen molar-refractivity contribution in [3.63, 3.8) is 0 Å². The second-order valence-electron chi connectivity index (χ2n) is 15.2. The van der Waals surface area contributed by atoms with Crippen LogP contribution in [0.25, 0.3) is 16.3 Å². The molecule has 10 atom stereocenters. The van der Waals surface area contributed by atoms with Gasteiger partial charge in [-0.1, -0.05) is 55.5 Å². The summed E-state index contributed by atoms with van der Waals surface area (Å²) in [6.07, 6.45) is 1.49. The molecule has 0 radical (unpaired) electrons. The third-order valence-electron chi connectivity index (χ3n) is 13.0. The van der Waals surface area contributed by atoms with Crippen LogP contribution < -0.4 is 17.2 Å². The number of nitrogens with two attached hydrogens (primary N) is 3. The predicted octanol–water partition coefficient (Wildman–Crippen LogP) is 2.65. The Balaban J connectivity index is 1.36. The molecule has 1 aromatic heterocycles. The Morgan fingerprint density at radius 1 is 1.06 bits per heavy atom. The zero-order valence-corrected chi connectivity index (χ0v) is 27.7. The van der Waals surface area contributed by atoms with E-state index in [9.17, 15) is 24.9 Å². The number of carboxylic acids is 1. The van der Waals surface area contributed by atoms with Crippen LogP contribution in [0.2, 0.25) is 0 Å². The number of aliphatic hydroxyl groups excluding tert-OH is 2. The van der Waals surface area contributed by atoms with Crippen LogP contribution in [0.4, 0.5) is 0 Å². The van der Waals surface area contributed by atoms with Gasteiger partial charge >= 0.3 is 11.9 Å². The molecule has 3 aromatic rings. The van der Waals surface area contributed by atoms with Crippen molar-refractivity contribution in [2.45, 2.75) is 95.4 Å². The highest BCUT2D eigenvalue weighted by Crippen LogP contribution is 2.71. The summed E-state index contributed by atoms with van der Waals surface area (Å²) >= 11 is 0. The summed E-state index contributed by atoms with van der Waals surface area (Å²) in [7, 11) is 0. The number of esters is 1. The Morgan fingerprint density at radius 3 is 2.46 bits per heavy atom. The number of carbonyl (C=O) groups excluding carboxylic acids is 1. The Labute approximate surface area is 279 Å². The van der Waals surface area contributed by atoms with Crippen LogP contribution in [0.1, 0.15) is 70.6 Å². The average molecular weight is 659 g/mol. The van der Waals surface area contributed by atoms with Gasteiger partial charge in [0.05, 0.1) is 29.7 Å². The first-order valence-corrected chi connectivity index (χ1v) is 16.9. The number of hydrogen-bond donors (Lipinski definition) is 6. The second kappa shape index (κ2) is 11.2. The molecule has 4 aliphatic carbocycles. The van der Waals surface area contributed by atoms with Crippen molar-refractivity contribution < 1.29 is 29.6 Å². The van der Waals surface area contributed by atoms with E-state index >= 15 is 0 Å². The number of aliphatic hydroxyl groups is 2. The van der Waals surface area contributed by atoms with Gasteiger partial charge in [0.2, 0.25) is 0 Å². The molecule has 0 spiro atoms. The van der Waals surface area contributed by atoms with Gasteiger partial charge in [-0.05, 0) is 83.2 Å². The largest absolute Gasteiger partial charge is 0.478 e. The summed E-state index contributed by atoms with van der Waals surface area (Å²) in [5.74, 6) is -2.88. The lowest BCUT2D eigenvalue weighted by molar-refractivity contribution is -0.223. The van der Waals surface area contributed by atoms with Gasteiger partial charge in [-0.15, -0.1) is 5.10 Å². The molecular formula is C36H46N6O6. The Bertz CT molecular complexity index is 1830. The number of rotatable bonds is 5. The molecule has 9 N–H and O–H groups in total. The summed E-state index contributed by atoms with van der Waals surface area (Å²) in [5, 5.41) is 44.8. The molecule has 48 heavy (non-hydrogen) atoms. The number of carboxylic acid groups (broad SMARTS) is 1. The van der Waals surface area contributed by atoms with Gasteiger partial charge in [0.1, 0.15) is 11.8 Å². The normalized spacial score (nSPS) is 40.1. The quantitative estimate of drug-likeness (QED) is 0.173. The maximum absolute atomic E-state index is 13.2. The minimum Gasteiger partial charge on any atom is -0.478 e. The maximum atomic E-state index is 13.2. The van der Waals surface area contributed by atoms with Gasteiger partial charge in [0, 0.05) is 30.8 Å². The summed E-state index contributed by atoms with van der Waals surface area (Å²) in [6, 6.07) is 13.3. The minimum atomic E-state index is -1.31. The van der Waals surface area contributed by atoms with Crippen LogP contribution in [0.15, 0.2) is 54.2 Å². The molecule has 0 saturated heterocycles. The highest BCUT2D eigenvalue weighted by atomic mass is 16.5. The molecule has 0 aliphatic heterocycles. The predicted molar refractivity (Wildman–Crippen MR) is 177 cm³/mol. The van der Waals surface area contributed by atoms with Gasteiger partial charge in [-0.3, -0.25) is 4.79 Å². The van der Waals surface area contributed by atoms with E-state index in [1.54, 1.807) is 16.9 Å². The highest BCUT2D eigenvalue weighted by molar-refractivity contribution is 6.17. The van der Waals surface area contributed by atoms with Crippen LogP contribution >= 0.6 is 0 Å². The van der Waals surface area contributed by atoms with Crippen molar-refractivity contribution in [1.82, 2.24) is 15.0 Å². The molecule has 7 rings (SSSR count). The van der Waals surface area contributed by atoms with Crippen molar-refractivity contribution >= 4 is 28.3 Å². The molecule has 4 fully saturated rings. The monoisotopic (exact) mass is 658 g/mol. The molecule has 0 unspecified atom stereocenters. The maximum Gasteiger partial charge on any atom is 0.336 e. The summed E-state index contributed by atoms with van der Waals surface area (Å²) in [4.78, 5) is 25.8. The van der Waals surface area contributed by atoms with Crippen molar-refractivity contribution in [3.8, 4) is 0 Å². The standard InChI is InChI=1S/C36H46N6O6/c1-19(43)48-26-16-34(3)24(30(26)29(32(46)47)22-9-8-20-6-4-5-7-21(20)14-22)15-25(44)31-33(2)12-11-28(45)36(39,27(33)10-13-35(31,34)38)42-18-23(17-37)40-41-42/h4-9,14,18,24-28,31,44-45H,10-13,15-17,37-39H2,1-3H3,(H,46,47)/b30-29-/t24-,25+,26-,27+,28+,31-,33-,34-,35+,36+/m0/s1. The van der Waals surface area contributed by atoms with E-state index in [0.29, 0.717) is 48.9 Å². The van der Waals surface area contributed by atoms with Crippen LogP contribution in [-0.2, 0) is 26.5 Å². The van der Waals surface area contributed by atoms with E-state index in [-0.39, 0.29) is 24.5 Å². The van der Waals surface area contributed by atoms with E-state index < -0.39 is 64.1 Å². The Hall–Kier alpha value is -3.68. The Morgan fingerprint density at radius 2 is 1.79 bits per heavy atom. The van der Waals surface area contributed by atoms with Crippen LogP contribution in [-0.4, -0.2) is 66.1 Å². The lowest BCUT2D eigenvalue weighted by Gasteiger charge is -2.69. The van der Waals surface area contributed by atoms with Crippen LogP contribution in [0, 0.1) is 28.6 Å². The molecule has 12 nitrogen and oxygen atoms in total. The molecule has 4 saturated carbocycles. The zero-order chi connectivity index (χ0) is 34.4. The number of hydrogen-bond acceptors (Lipinski definition) is 10. The van der Waals surface area contributed by atoms with Crippen molar-refractivity contribution in [3.05, 3.63) is 65.5 Å². The fraction of sp³-hybridized carbons (Fsp3) is 0.556. The molecule has 1 heterocycles. The summed E-state index contributed by atoms with van der Waals surface area (Å²) < 4.78 is 7.49. The first-order valence-electron chi connectivity index (χ1n) is 16.9. The van der Waals surface area contributed by atoms with Gasteiger partial charge in [-0.25, -0.2) is 9.48 Å². The molecule has 12 heteroatoms. The molecule has 0 bridgehead atoms. The first kappa shape index (κ1) is 32.8. The summed E-state index contributed by atoms with van der Waals surface area (Å²) in [6.45, 7) is 5.69. The van der Waals surface area contributed by atoms with Crippen molar-refractivity contribution in [2.24, 2.45) is 45.8 Å². The summed E-state index contributed by atoms with van der Waals surface area (Å²) in [5.41, 5.74) is 18.7. The Kier molecular flexibility index (Phi) is 7.65. The SMILES string of the molecule is CC(=O)O[C@H]1C[C@@]2(C)[C@@H](C[C@@H](O)[C@H]3[C@@]4(C)CC[C@@H](O)[C@](N)(n5cc(CN)nn5)[C@@H]4CC[C@@]32N)/C1=C(/C(=O)O)c1ccc2ccccc2c1. The first-order chi connectivity index (χ1) is 22.7. The topological polar surface area (TPSA) is 213 Å². The molecule has 256 valence electrons. The smallest absolute Gasteiger partial charge is 0.336 e. The van der Waals surface area contributed by atoms with E-state index in [1.165, 1.54) is 6.92 Å². The molecule has 0 amide bonds. The third-order valence-corrected chi connectivity index (χ3v) is 13.0. The number of carbonyl (C=O) groups is 2. The van der Waals surface area contributed by atoms with Crippen molar-refractivity contribution in [2.75, 3.05) is 0 Å². The highest BCUT2D eigenvalue weighted by Gasteiger charge is 2.73. The van der Waals surface area contributed by atoms with Gasteiger partial charge in [0.15, 0.2) is 0 Å². The van der Waals surface area contributed by atoms with Gasteiger partial charge in [-0.2, -0.15) is 0 Å². The van der Waals surface area contributed by atoms with Crippen molar-refractivity contribution in [1.29, 1.82) is 0 Å². The van der Waals surface area contributed by atoms with Gasteiger partial charge < -0.3 is 37.3 Å². The number of ether oxygens (including phenoxy) is 1. The number of aliphatic carboxylic acids is 1. The number of nitrogens with zero attached hydrogens (tertiary/aromatic N) is 3. The lowest BCUT2D eigenvalue weighted by atomic mass is 9.39. The molecule has 2 aromatic carbocycles. The van der Waals surface area contributed by atoms with Gasteiger partial charge in [0.25, 0.3) is 0 Å². The van der Waals surface area contributed by atoms with Crippen LogP contribution in [0.3, 0.4) is 0 Å². The molecule has 4 aliphatic rings. The lowest BCUT2D eigenvalue weighted by Crippen LogP contribution is -2.77. The van der Waals surface area contributed by atoms with E-state index in [4.69, 9.17) is 21.9 Å².